The van der Waals surface area contributed by atoms with Crippen LogP contribution in [0.25, 0.3) is 0 Å². The summed E-state index contributed by atoms with van der Waals surface area (Å²) in [7, 11) is 0. The topological polar surface area (TPSA) is 41.5 Å². The average molecular weight is 361 g/mol. The number of ether oxygens (including phenoxy) is 1. The van der Waals surface area contributed by atoms with E-state index in [2.05, 4.69) is 47.5 Å². The van der Waals surface area contributed by atoms with Crippen molar-refractivity contribution in [3.63, 3.8) is 0 Å². The Balaban J connectivity index is 1.43. The molecule has 2 heterocycles. The molecule has 1 aliphatic carbocycles. The standard InChI is InChI=1S/C21H36N4O/c1-16(2)21-22-13-20(14-23-21)25-11-9-24(10-12-25)19-7-5-18(6-8-19)15-26-17(3)4/h13-14,16-19H,5-12,15H2,1-4H3. The molecule has 1 saturated carbocycles. The number of piperazine rings is 1. The maximum absolute atomic E-state index is 5.82. The number of anilines is 1. The molecule has 1 saturated heterocycles. The van der Waals surface area contributed by atoms with Crippen molar-refractivity contribution in [3.8, 4) is 0 Å². The smallest absolute Gasteiger partial charge is 0.130 e. The van der Waals surface area contributed by atoms with Crippen molar-refractivity contribution >= 4 is 5.69 Å². The highest BCUT2D eigenvalue weighted by Gasteiger charge is 2.28. The van der Waals surface area contributed by atoms with Gasteiger partial charge in [0.15, 0.2) is 0 Å². The largest absolute Gasteiger partial charge is 0.379 e. The number of hydrogen-bond donors (Lipinski definition) is 0. The molecule has 0 spiro atoms. The Hall–Kier alpha value is -1.20. The van der Waals surface area contributed by atoms with Crippen LogP contribution in [0.15, 0.2) is 12.4 Å². The first kappa shape index (κ1) is 19.6. The van der Waals surface area contributed by atoms with E-state index >= 15 is 0 Å². The molecule has 5 nitrogen and oxygen atoms in total. The molecule has 0 bridgehead atoms. The summed E-state index contributed by atoms with van der Waals surface area (Å²) in [6.07, 6.45) is 9.66. The van der Waals surface area contributed by atoms with E-state index in [1.807, 2.05) is 12.4 Å². The first-order chi connectivity index (χ1) is 12.5. The van der Waals surface area contributed by atoms with E-state index in [1.54, 1.807) is 0 Å². The Kier molecular flexibility index (Phi) is 6.87. The van der Waals surface area contributed by atoms with Crippen molar-refractivity contribution in [2.24, 2.45) is 5.92 Å². The van der Waals surface area contributed by atoms with Gasteiger partial charge < -0.3 is 9.64 Å². The van der Waals surface area contributed by atoms with Gasteiger partial charge in [-0.2, -0.15) is 0 Å². The van der Waals surface area contributed by atoms with Crippen LogP contribution in [0, 0.1) is 5.92 Å². The van der Waals surface area contributed by atoms with E-state index in [4.69, 9.17) is 4.74 Å². The summed E-state index contributed by atoms with van der Waals surface area (Å²) in [5.74, 6) is 2.10. The Morgan fingerprint density at radius 3 is 2.12 bits per heavy atom. The molecule has 5 heteroatoms. The van der Waals surface area contributed by atoms with Crippen LogP contribution >= 0.6 is 0 Å². The molecule has 2 fully saturated rings. The molecule has 1 aromatic rings. The Bertz CT molecular complexity index is 529. The van der Waals surface area contributed by atoms with E-state index in [-0.39, 0.29) is 0 Å². The lowest BCUT2D eigenvalue weighted by Crippen LogP contribution is -2.51. The third-order valence-electron chi connectivity index (χ3n) is 5.85. The third kappa shape index (κ3) is 5.17. The third-order valence-corrected chi connectivity index (χ3v) is 5.85. The van der Waals surface area contributed by atoms with Crippen molar-refractivity contribution in [2.45, 2.75) is 71.4 Å². The van der Waals surface area contributed by atoms with E-state index in [0.717, 1.165) is 50.6 Å². The minimum absolute atomic E-state index is 0.361. The van der Waals surface area contributed by atoms with Gasteiger partial charge in [0.25, 0.3) is 0 Å². The molecule has 1 aliphatic heterocycles. The summed E-state index contributed by atoms with van der Waals surface area (Å²) in [4.78, 5) is 14.2. The Morgan fingerprint density at radius 1 is 0.962 bits per heavy atom. The van der Waals surface area contributed by atoms with Crippen LogP contribution in [0.4, 0.5) is 5.69 Å². The molecular formula is C21H36N4O. The Morgan fingerprint density at radius 2 is 1.58 bits per heavy atom. The fraction of sp³-hybridized carbons (Fsp3) is 0.810. The van der Waals surface area contributed by atoms with Gasteiger partial charge in [-0.3, -0.25) is 4.90 Å². The second-order valence-corrected chi connectivity index (χ2v) is 8.53. The molecular weight excluding hydrogens is 324 g/mol. The van der Waals surface area contributed by atoms with Crippen LogP contribution in [0.1, 0.15) is 65.1 Å². The lowest BCUT2D eigenvalue weighted by molar-refractivity contribution is 0.0292. The summed E-state index contributed by atoms with van der Waals surface area (Å²) in [5.41, 5.74) is 1.17. The van der Waals surface area contributed by atoms with Crippen LogP contribution in [-0.4, -0.2) is 59.8 Å². The normalized spacial score (nSPS) is 25.2. The Labute approximate surface area is 159 Å². The van der Waals surface area contributed by atoms with Crippen molar-refractivity contribution in [1.82, 2.24) is 14.9 Å². The van der Waals surface area contributed by atoms with E-state index in [0.29, 0.717) is 12.0 Å². The molecule has 0 atom stereocenters. The van der Waals surface area contributed by atoms with Crippen LogP contribution < -0.4 is 4.90 Å². The zero-order valence-electron chi connectivity index (χ0n) is 17.0. The molecule has 146 valence electrons. The average Bonchev–Trinajstić information content (AvgIpc) is 2.67. The molecule has 0 unspecified atom stereocenters. The monoisotopic (exact) mass is 360 g/mol. The van der Waals surface area contributed by atoms with Crippen LogP contribution in [0.2, 0.25) is 0 Å². The van der Waals surface area contributed by atoms with E-state index in [9.17, 15) is 0 Å². The van der Waals surface area contributed by atoms with Crippen molar-refractivity contribution in [3.05, 3.63) is 18.2 Å². The molecule has 0 amide bonds. The number of hydrogen-bond acceptors (Lipinski definition) is 5. The highest BCUT2D eigenvalue weighted by Crippen LogP contribution is 2.29. The molecule has 0 N–H and O–H groups in total. The lowest BCUT2D eigenvalue weighted by Gasteiger charge is -2.42. The maximum atomic E-state index is 5.82. The minimum atomic E-state index is 0.361. The number of aromatic nitrogens is 2. The second kappa shape index (κ2) is 9.14. The predicted octanol–water partition coefficient (Wildman–Crippen LogP) is 3.71. The maximum Gasteiger partial charge on any atom is 0.130 e. The number of nitrogens with zero attached hydrogens (tertiary/aromatic N) is 4. The van der Waals surface area contributed by atoms with E-state index < -0.39 is 0 Å². The first-order valence-electron chi connectivity index (χ1n) is 10.5. The summed E-state index contributed by atoms with van der Waals surface area (Å²) in [5, 5.41) is 0. The summed E-state index contributed by atoms with van der Waals surface area (Å²) >= 11 is 0. The zero-order chi connectivity index (χ0) is 18.5. The van der Waals surface area contributed by atoms with Crippen molar-refractivity contribution in [1.29, 1.82) is 0 Å². The minimum Gasteiger partial charge on any atom is -0.379 e. The van der Waals surface area contributed by atoms with Crippen LogP contribution in [-0.2, 0) is 4.74 Å². The summed E-state index contributed by atoms with van der Waals surface area (Å²) in [6, 6.07) is 0.770. The van der Waals surface area contributed by atoms with Crippen LogP contribution in [0.5, 0.6) is 0 Å². The predicted molar refractivity (Wildman–Crippen MR) is 107 cm³/mol. The molecule has 26 heavy (non-hydrogen) atoms. The summed E-state index contributed by atoms with van der Waals surface area (Å²) < 4.78 is 5.82. The fourth-order valence-corrected chi connectivity index (χ4v) is 4.14. The first-order valence-corrected chi connectivity index (χ1v) is 10.5. The fourth-order valence-electron chi connectivity index (χ4n) is 4.14. The second-order valence-electron chi connectivity index (χ2n) is 8.53. The van der Waals surface area contributed by atoms with Gasteiger partial charge in [0, 0.05) is 44.7 Å². The molecule has 2 aliphatic rings. The summed E-state index contributed by atoms with van der Waals surface area (Å²) in [6.45, 7) is 14.0. The quantitative estimate of drug-likeness (QED) is 0.774. The van der Waals surface area contributed by atoms with Crippen molar-refractivity contribution in [2.75, 3.05) is 37.7 Å². The lowest BCUT2D eigenvalue weighted by atomic mass is 9.85. The highest BCUT2D eigenvalue weighted by atomic mass is 16.5. The zero-order valence-corrected chi connectivity index (χ0v) is 17.0. The highest BCUT2D eigenvalue weighted by molar-refractivity contribution is 5.42. The van der Waals surface area contributed by atoms with Gasteiger partial charge in [-0.05, 0) is 45.4 Å². The van der Waals surface area contributed by atoms with Gasteiger partial charge in [-0.15, -0.1) is 0 Å². The van der Waals surface area contributed by atoms with Gasteiger partial charge in [0.1, 0.15) is 5.82 Å². The van der Waals surface area contributed by atoms with Gasteiger partial charge in [-0.25, -0.2) is 9.97 Å². The molecule has 3 rings (SSSR count). The molecule has 0 radical (unpaired) electrons. The van der Waals surface area contributed by atoms with Crippen LogP contribution in [0.3, 0.4) is 0 Å². The van der Waals surface area contributed by atoms with Gasteiger partial charge in [0.2, 0.25) is 0 Å². The van der Waals surface area contributed by atoms with E-state index in [1.165, 1.54) is 31.4 Å². The van der Waals surface area contributed by atoms with Gasteiger partial charge in [-0.1, -0.05) is 13.8 Å². The van der Waals surface area contributed by atoms with Gasteiger partial charge >= 0.3 is 0 Å². The SMILES string of the molecule is CC(C)OCC1CCC(N2CCN(c3cnc(C(C)C)nc3)CC2)CC1. The number of rotatable bonds is 6. The molecule has 0 aromatic carbocycles. The van der Waals surface area contributed by atoms with Gasteiger partial charge in [0.05, 0.1) is 24.2 Å². The molecule has 1 aromatic heterocycles. The van der Waals surface area contributed by atoms with Crippen molar-refractivity contribution < 1.29 is 4.74 Å².